The number of nitrogens with one attached hydrogen (secondary N) is 1. The van der Waals surface area contributed by atoms with Gasteiger partial charge in [0.05, 0.1) is 5.69 Å². The fourth-order valence-electron chi connectivity index (χ4n) is 1.85. The zero-order valence-corrected chi connectivity index (χ0v) is 11.9. The van der Waals surface area contributed by atoms with Crippen LogP contribution >= 0.6 is 11.8 Å². The predicted octanol–water partition coefficient (Wildman–Crippen LogP) is 2.69. The molecule has 0 amide bonds. The zero-order valence-electron chi connectivity index (χ0n) is 11.0. The van der Waals surface area contributed by atoms with Crippen LogP contribution in [0.3, 0.4) is 0 Å². The Labute approximate surface area is 112 Å². The number of amidine groups is 1. The van der Waals surface area contributed by atoms with Crippen molar-refractivity contribution in [3.8, 4) is 0 Å². The molecule has 0 heterocycles. The van der Waals surface area contributed by atoms with Crippen LogP contribution in [0, 0.1) is 11.2 Å². The molecule has 1 atom stereocenters. The zero-order chi connectivity index (χ0) is 13.7. The molecule has 0 saturated heterocycles. The largest absolute Gasteiger partial charge is 0.384 e. The Morgan fingerprint density at radius 2 is 2.22 bits per heavy atom. The number of hydrogen-bond donors (Lipinski definition) is 2. The molecule has 0 saturated carbocycles. The maximum atomic E-state index is 14.0. The summed E-state index contributed by atoms with van der Waals surface area (Å²) in [7, 11) is 1.90. The van der Waals surface area contributed by atoms with E-state index >= 15 is 0 Å². The van der Waals surface area contributed by atoms with Crippen molar-refractivity contribution < 1.29 is 4.39 Å². The van der Waals surface area contributed by atoms with Crippen LogP contribution in [0.15, 0.2) is 18.2 Å². The van der Waals surface area contributed by atoms with E-state index in [0.717, 1.165) is 12.2 Å². The molecule has 1 aromatic rings. The number of nitrogen functional groups attached to an aromatic ring is 1. The Balaban J connectivity index is 2.98. The first-order valence-electron chi connectivity index (χ1n) is 5.87. The number of thioether (sulfide) groups is 1. The minimum absolute atomic E-state index is 0.112. The molecule has 1 unspecified atom stereocenters. The Kier molecular flexibility index (Phi) is 5.47. The topological polar surface area (TPSA) is 53.1 Å². The lowest BCUT2D eigenvalue weighted by molar-refractivity contribution is 0.602. The second-order valence-electron chi connectivity index (χ2n) is 4.21. The van der Waals surface area contributed by atoms with Crippen LogP contribution in [0.2, 0.25) is 0 Å². The van der Waals surface area contributed by atoms with Gasteiger partial charge in [0, 0.05) is 24.4 Å². The highest BCUT2D eigenvalue weighted by Crippen LogP contribution is 2.23. The fraction of sp³-hybridized carbons (Fsp3) is 0.462. The molecule has 0 aromatic heterocycles. The summed E-state index contributed by atoms with van der Waals surface area (Å²) in [6.07, 6.45) is 3.01. The molecular formula is C13H20FN3S. The number of anilines is 1. The minimum atomic E-state index is -0.329. The monoisotopic (exact) mass is 269 g/mol. The molecule has 0 bridgehead atoms. The van der Waals surface area contributed by atoms with Crippen molar-refractivity contribution in [1.82, 2.24) is 0 Å². The molecule has 5 heteroatoms. The van der Waals surface area contributed by atoms with Gasteiger partial charge in [0.2, 0.25) is 0 Å². The molecule has 0 fully saturated rings. The molecule has 3 N–H and O–H groups in total. The Bertz CT molecular complexity index is 423. The first kappa shape index (κ1) is 14.8. The van der Waals surface area contributed by atoms with Gasteiger partial charge in [-0.15, -0.1) is 0 Å². The molecule has 0 aliphatic carbocycles. The van der Waals surface area contributed by atoms with Gasteiger partial charge in [-0.25, -0.2) is 4.39 Å². The van der Waals surface area contributed by atoms with Crippen LogP contribution in [0.5, 0.6) is 0 Å². The molecule has 18 heavy (non-hydrogen) atoms. The lowest BCUT2D eigenvalue weighted by atomic mass is 10.1. The van der Waals surface area contributed by atoms with E-state index in [2.05, 4.69) is 6.92 Å². The lowest BCUT2D eigenvalue weighted by Crippen LogP contribution is -2.33. The summed E-state index contributed by atoms with van der Waals surface area (Å²) in [5.74, 6) is 0.518. The number of hydrogen-bond acceptors (Lipinski definition) is 3. The summed E-state index contributed by atoms with van der Waals surface area (Å²) in [6.45, 7) is 2.10. The maximum Gasteiger partial charge on any atom is 0.147 e. The Hall–Kier alpha value is -1.23. The molecule has 3 nitrogen and oxygen atoms in total. The molecule has 1 aromatic carbocycles. The van der Waals surface area contributed by atoms with Gasteiger partial charge >= 0.3 is 0 Å². The van der Waals surface area contributed by atoms with E-state index in [1.54, 1.807) is 23.9 Å². The van der Waals surface area contributed by atoms with Gasteiger partial charge in [0.15, 0.2) is 0 Å². The fourth-order valence-corrected chi connectivity index (χ4v) is 2.70. The number of benzene rings is 1. The number of nitrogens with two attached hydrogens (primary N) is 1. The van der Waals surface area contributed by atoms with Crippen LogP contribution in [0.1, 0.15) is 18.9 Å². The van der Waals surface area contributed by atoms with Crippen molar-refractivity contribution in [1.29, 1.82) is 5.41 Å². The van der Waals surface area contributed by atoms with E-state index in [4.69, 9.17) is 11.1 Å². The van der Waals surface area contributed by atoms with Crippen LogP contribution in [0.25, 0.3) is 0 Å². The predicted molar refractivity (Wildman–Crippen MR) is 78.3 cm³/mol. The van der Waals surface area contributed by atoms with Crippen molar-refractivity contribution in [2.45, 2.75) is 19.4 Å². The van der Waals surface area contributed by atoms with Gasteiger partial charge in [-0.05, 0) is 30.9 Å². The number of nitrogens with zero attached hydrogens (tertiary/aromatic N) is 1. The van der Waals surface area contributed by atoms with E-state index in [-0.39, 0.29) is 11.7 Å². The van der Waals surface area contributed by atoms with Crippen molar-refractivity contribution in [3.63, 3.8) is 0 Å². The summed E-state index contributed by atoms with van der Waals surface area (Å²) in [4.78, 5) is 1.95. The van der Waals surface area contributed by atoms with E-state index in [1.807, 2.05) is 18.2 Å². The van der Waals surface area contributed by atoms with Crippen LogP contribution in [-0.4, -0.2) is 30.9 Å². The van der Waals surface area contributed by atoms with Gasteiger partial charge in [0.1, 0.15) is 11.7 Å². The number of halogens is 1. The summed E-state index contributed by atoms with van der Waals surface area (Å²) < 4.78 is 14.0. The smallest absolute Gasteiger partial charge is 0.147 e. The molecular weight excluding hydrogens is 249 g/mol. The Morgan fingerprint density at radius 3 is 2.67 bits per heavy atom. The minimum Gasteiger partial charge on any atom is -0.384 e. The van der Waals surface area contributed by atoms with Gasteiger partial charge < -0.3 is 10.6 Å². The second-order valence-corrected chi connectivity index (χ2v) is 5.12. The summed E-state index contributed by atoms with van der Waals surface area (Å²) in [5.41, 5.74) is 6.32. The molecule has 0 aliphatic rings. The molecule has 100 valence electrons. The van der Waals surface area contributed by atoms with Crippen molar-refractivity contribution in [2.75, 3.05) is 24.0 Å². The summed E-state index contributed by atoms with van der Waals surface area (Å²) >= 11 is 1.75. The van der Waals surface area contributed by atoms with Gasteiger partial charge in [-0.1, -0.05) is 6.92 Å². The van der Waals surface area contributed by atoms with E-state index in [1.165, 1.54) is 6.07 Å². The van der Waals surface area contributed by atoms with Crippen LogP contribution in [0.4, 0.5) is 10.1 Å². The summed E-state index contributed by atoms with van der Waals surface area (Å²) in [5, 5.41) is 7.29. The van der Waals surface area contributed by atoms with Gasteiger partial charge in [-0.3, -0.25) is 5.41 Å². The Morgan fingerprint density at radius 1 is 1.56 bits per heavy atom. The molecule has 1 rings (SSSR count). The highest BCUT2D eigenvalue weighted by Gasteiger charge is 2.16. The highest BCUT2D eigenvalue weighted by molar-refractivity contribution is 7.98. The van der Waals surface area contributed by atoms with Gasteiger partial charge in [0.25, 0.3) is 0 Å². The first-order chi connectivity index (χ1) is 8.51. The van der Waals surface area contributed by atoms with Crippen molar-refractivity contribution in [3.05, 3.63) is 29.6 Å². The normalized spacial score (nSPS) is 12.2. The van der Waals surface area contributed by atoms with E-state index in [9.17, 15) is 4.39 Å². The van der Waals surface area contributed by atoms with E-state index < -0.39 is 0 Å². The SMILES string of the molecule is CCC(CSC)N(C)c1ccc(C(=N)N)cc1F. The standard InChI is InChI=1S/C13H20FN3S/c1-4-10(8-18-3)17(2)12-6-5-9(13(15)16)7-11(12)14/h5-7,10H,4,8H2,1-3H3,(H3,15,16). The van der Waals surface area contributed by atoms with Gasteiger partial charge in [-0.2, -0.15) is 11.8 Å². The van der Waals surface area contributed by atoms with Crippen LogP contribution < -0.4 is 10.6 Å². The van der Waals surface area contributed by atoms with Crippen molar-refractivity contribution in [2.24, 2.45) is 5.73 Å². The highest BCUT2D eigenvalue weighted by atomic mass is 32.2. The average molecular weight is 269 g/mol. The quantitative estimate of drug-likeness (QED) is 0.616. The first-order valence-corrected chi connectivity index (χ1v) is 7.26. The molecule has 0 aliphatic heterocycles. The van der Waals surface area contributed by atoms with Crippen molar-refractivity contribution >= 4 is 23.3 Å². The third-order valence-electron chi connectivity index (χ3n) is 3.02. The van der Waals surface area contributed by atoms with Crippen LogP contribution in [-0.2, 0) is 0 Å². The third-order valence-corrected chi connectivity index (χ3v) is 3.73. The number of rotatable bonds is 6. The lowest BCUT2D eigenvalue weighted by Gasteiger charge is -2.29. The molecule has 0 spiro atoms. The molecule has 0 radical (unpaired) electrons. The maximum absolute atomic E-state index is 14.0. The average Bonchev–Trinajstić information content (AvgIpc) is 2.34. The second kappa shape index (κ2) is 6.64. The van der Waals surface area contributed by atoms with E-state index in [0.29, 0.717) is 17.3 Å². The third kappa shape index (κ3) is 3.38. The summed E-state index contributed by atoms with van der Waals surface area (Å²) in [6, 6.07) is 5.00.